The number of piperidine rings is 1. The van der Waals surface area contributed by atoms with E-state index in [0.29, 0.717) is 46.9 Å². The number of alkyl halides is 2. The molecule has 7 rings (SSSR count). The highest BCUT2D eigenvalue weighted by Crippen LogP contribution is 2.43. The number of ether oxygens (including phenoxy) is 2. The SMILES string of the molecule is Cc1cccc(Oc2cccc(C(F)(F)C(C(=O)N3C4CCC3CC(N)C4)N(C)S(=O)(=O)c3ccc4cc(OC5CCCC5)ccc4c3)c2)c1. The summed E-state index contributed by atoms with van der Waals surface area (Å²) in [6.45, 7) is 1.89. The van der Waals surface area contributed by atoms with Crippen molar-refractivity contribution >= 4 is 26.7 Å². The van der Waals surface area contributed by atoms with Crippen molar-refractivity contribution in [3.8, 4) is 17.2 Å². The predicted octanol–water partition coefficient (Wildman–Crippen LogP) is 7.52. The Morgan fingerprint density at radius 3 is 2.20 bits per heavy atom. The van der Waals surface area contributed by atoms with Crippen molar-refractivity contribution < 1.29 is 31.5 Å². The summed E-state index contributed by atoms with van der Waals surface area (Å²) in [6, 6.07) is 19.3. The van der Waals surface area contributed by atoms with E-state index in [1.165, 1.54) is 35.2 Å². The number of halogens is 2. The van der Waals surface area contributed by atoms with Crippen molar-refractivity contribution in [2.24, 2.45) is 5.73 Å². The van der Waals surface area contributed by atoms with Crippen LogP contribution in [0.2, 0.25) is 0 Å². The lowest BCUT2D eigenvalue weighted by Gasteiger charge is -2.42. The summed E-state index contributed by atoms with van der Waals surface area (Å²) in [5.74, 6) is -3.56. The van der Waals surface area contributed by atoms with Crippen LogP contribution in [0.25, 0.3) is 10.8 Å². The summed E-state index contributed by atoms with van der Waals surface area (Å²) in [6.07, 6.45) is 6.67. The van der Waals surface area contributed by atoms with E-state index in [4.69, 9.17) is 15.2 Å². The molecule has 2 saturated heterocycles. The molecule has 50 heavy (non-hydrogen) atoms. The zero-order chi connectivity index (χ0) is 35.2. The van der Waals surface area contributed by atoms with Crippen LogP contribution in [0.15, 0.2) is 89.8 Å². The molecule has 0 spiro atoms. The van der Waals surface area contributed by atoms with Crippen molar-refractivity contribution in [2.45, 2.75) is 99.4 Å². The van der Waals surface area contributed by atoms with Gasteiger partial charge in [-0.05, 0) is 123 Å². The monoisotopic (exact) mass is 703 g/mol. The van der Waals surface area contributed by atoms with Crippen LogP contribution in [-0.2, 0) is 20.7 Å². The van der Waals surface area contributed by atoms with Crippen molar-refractivity contribution in [3.63, 3.8) is 0 Å². The van der Waals surface area contributed by atoms with Gasteiger partial charge in [-0.1, -0.05) is 36.4 Å². The first-order valence-corrected chi connectivity index (χ1v) is 18.8. The minimum atomic E-state index is -4.60. The van der Waals surface area contributed by atoms with E-state index in [1.807, 2.05) is 19.1 Å². The number of rotatable bonds is 10. The smallest absolute Gasteiger partial charge is 0.298 e. The third-order valence-corrected chi connectivity index (χ3v) is 12.3. The van der Waals surface area contributed by atoms with E-state index >= 15 is 8.78 Å². The van der Waals surface area contributed by atoms with Crippen LogP contribution >= 0.6 is 0 Å². The number of sulfonamides is 1. The number of benzene rings is 4. The number of amides is 1. The Labute approximate surface area is 292 Å². The summed E-state index contributed by atoms with van der Waals surface area (Å²) in [5, 5.41) is 1.36. The summed E-state index contributed by atoms with van der Waals surface area (Å²) >= 11 is 0. The quantitative estimate of drug-likeness (QED) is 0.183. The van der Waals surface area contributed by atoms with Gasteiger partial charge in [-0.25, -0.2) is 8.42 Å². The molecule has 4 aromatic carbocycles. The van der Waals surface area contributed by atoms with Crippen LogP contribution in [0.5, 0.6) is 17.2 Å². The summed E-state index contributed by atoms with van der Waals surface area (Å²) < 4.78 is 75.3. The number of nitrogens with zero attached hydrogens (tertiary/aromatic N) is 2. The molecule has 3 aliphatic rings. The summed E-state index contributed by atoms with van der Waals surface area (Å²) in [7, 11) is -3.53. The van der Waals surface area contributed by atoms with Gasteiger partial charge in [0.1, 0.15) is 17.2 Å². The van der Waals surface area contributed by atoms with Gasteiger partial charge in [0.15, 0.2) is 6.04 Å². The first-order chi connectivity index (χ1) is 23.9. The molecule has 264 valence electrons. The Balaban J connectivity index is 1.23. The average Bonchev–Trinajstić information content (AvgIpc) is 3.69. The first-order valence-electron chi connectivity index (χ1n) is 17.4. The van der Waals surface area contributed by atoms with Crippen LogP contribution in [0, 0.1) is 6.92 Å². The second-order valence-electron chi connectivity index (χ2n) is 14.1. The third-order valence-electron chi connectivity index (χ3n) is 10.5. The number of carbonyl (C=O) groups is 1. The lowest BCUT2D eigenvalue weighted by molar-refractivity contribution is -0.155. The van der Waals surface area contributed by atoms with E-state index < -0.39 is 33.5 Å². The van der Waals surface area contributed by atoms with Crippen LogP contribution in [-0.4, -0.2) is 60.8 Å². The van der Waals surface area contributed by atoms with E-state index in [2.05, 4.69) is 0 Å². The average molecular weight is 704 g/mol. The Bertz CT molecular complexity index is 1990. The molecule has 11 heteroatoms. The van der Waals surface area contributed by atoms with Gasteiger partial charge in [-0.2, -0.15) is 13.1 Å². The largest absolute Gasteiger partial charge is 0.490 e. The van der Waals surface area contributed by atoms with Gasteiger partial charge in [-0.3, -0.25) is 4.79 Å². The van der Waals surface area contributed by atoms with Gasteiger partial charge in [0, 0.05) is 30.7 Å². The van der Waals surface area contributed by atoms with Gasteiger partial charge in [-0.15, -0.1) is 0 Å². The maximum absolute atomic E-state index is 17.1. The standard InChI is InChI=1S/C39H43F2N3O5S/c1-25-7-5-11-33(19-25)49-34-12-6-8-28(22-34)39(40,41)37(38(45)44-30-15-16-31(44)24-29(42)23-30)43(2)50(46,47)36-18-14-26-20-35(17-13-27(26)21-36)48-32-9-3-4-10-32/h5-8,11-14,17-22,29-32,37H,3-4,9-10,15-16,23-24,42H2,1-2H3. The van der Waals surface area contributed by atoms with Crippen LogP contribution < -0.4 is 15.2 Å². The molecule has 3 fully saturated rings. The van der Waals surface area contributed by atoms with Gasteiger partial charge in [0.05, 0.1) is 11.0 Å². The Morgan fingerprint density at radius 2 is 1.50 bits per heavy atom. The molecule has 8 nitrogen and oxygen atoms in total. The molecular formula is C39H43F2N3O5S. The number of fused-ring (bicyclic) bond motifs is 3. The predicted molar refractivity (Wildman–Crippen MR) is 188 cm³/mol. The molecule has 2 heterocycles. The first kappa shape index (κ1) is 34.4. The number of likely N-dealkylation sites (N-methyl/N-ethyl adjacent to an activating group) is 1. The molecule has 0 aromatic heterocycles. The molecule has 0 radical (unpaired) electrons. The number of nitrogens with two attached hydrogens (primary N) is 1. The lowest BCUT2D eigenvalue weighted by Crippen LogP contribution is -2.61. The van der Waals surface area contributed by atoms with Crippen molar-refractivity contribution in [2.75, 3.05) is 7.05 Å². The molecule has 2 aliphatic heterocycles. The highest BCUT2D eigenvalue weighted by molar-refractivity contribution is 7.89. The number of carbonyl (C=O) groups excluding carboxylic acids is 1. The van der Waals surface area contributed by atoms with Crippen molar-refractivity contribution in [3.05, 3.63) is 96.1 Å². The summed E-state index contributed by atoms with van der Waals surface area (Å²) in [5.41, 5.74) is 6.65. The molecule has 1 amide bonds. The maximum atomic E-state index is 17.1. The fraction of sp³-hybridized carbons (Fsp3) is 0.410. The van der Waals surface area contributed by atoms with Crippen LogP contribution in [0.3, 0.4) is 0 Å². The molecule has 3 atom stereocenters. The molecule has 2 N–H and O–H groups in total. The van der Waals surface area contributed by atoms with Gasteiger partial charge < -0.3 is 20.1 Å². The second-order valence-corrected chi connectivity index (χ2v) is 16.0. The van der Waals surface area contributed by atoms with Gasteiger partial charge in [0.25, 0.3) is 5.92 Å². The molecule has 3 unspecified atom stereocenters. The van der Waals surface area contributed by atoms with E-state index in [9.17, 15) is 13.2 Å². The van der Waals surface area contributed by atoms with Crippen LogP contribution in [0.4, 0.5) is 8.78 Å². The topological polar surface area (TPSA) is 102 Å². The van der Waals surface area contributed by atoms with Crippen molar-refractivity contribution in [1.29, 1.82) is 0 Å². The molecule has 1 saturated carbocycles. The van der Waals surface area contributed by atoms with E-state index in [1.54, 1.807) is 42.5 Å². The molecule has 4 aromatic rings. The number of hydrogen-bond donors (Lipinski definition) is 1. The number of hydrogen-bond acceptors (Lipinski definition) is 6. The fourth-order valence-corrected chi connectivity index (χ4v) is 9.29. The van der Waals surface area contributed by atoms with E-state index in [0.717, 1.165) is 43.7 Å². The highest BCUT2D eigenvalue weighted by Gasteiger charge is 2.56. The Kier molecular flexibility index (Phi) is 9.34. The zero-order valence-electron chi connectivity index (χ0n) is 28.3. The van der Waals surface area contributed by atoms with Crippen LogP contribution in [0.1, 0.15) is 62.5 Å². The number of aryl methyl sites for hydroxylation is 1. The lowest BCUT2D eigenvalue weighted by atomic mass is 9.94. The normalized spacial score (nSPS) is 21.9. The molecule has 1 aliphatic carbocycles. The Morgan fingerprint density at radius 1 is 0.860 bits per heavy atom. The summed E-state index contributed by atoms with van der Waals surface area (Å²) in [4.78, 5) is 15.8. The minimum absolute atomic E-state index is 0.138. The van der Waals surface area contributed by atoms with Gasteiger partial charge >= 0.3 is 0 Å². The van der Waals surface area contributed by atoms with E-state index in [-0.39, 0.29) is 34.9 Å². The maximum Gasteiger partial charge on any atom is 0.298 e. The third kappa shape index (κ3) is 6.70. The fourth-order valence-electron chi connectivity index (χ4n) is 7.94. The highest BCUT2D eigenvalue weighted by atomic mass is 32.2. The zero-order valence-corrected chi connectivity index (χ0v) is 29.1. The van der Waals surface area contributed by atoms with Crippen molar-refractivity contribution in [1.82, 2.24) is 9.21 Å². The van der Waals surface area contributed by atoms with Gasteiger partial charge in [0.2, 0.25) is 15.9 Å². The Hall–Kier alpha value is -4.06. The molecule has 2 bridgehead atoms. The minimum Gasteiger partial charge on any atom is -0.490 e. The molecular weight excluding hydrogens is 661 g/mol. The second kappa shape index (κ2) is 13.6.